The van der Waals surface area contributed by atoms with Crippen LogP contribution in [-0.2, 0) is 12.8 Å². The van der Waals surface area contributed by atoms with Gasteiger partial charge in [0.25, 0.3) is 0 Å². The van der Waals surface area contributed by atoms with Crippen LogP contribution >= 0.6 is 23.2 Å². The fourth-order valence-electron chi connectivity index (χ4n) is 2.69. The van der Waals surface area contributed by atoms with Crippen LogP contribution in [0.25, 0.3) is 0 Å². The summed E-state index contributed by atoms with van der Waals surface area (Å²) in [5, 5.41) is 4.88. The van der Waals surface area contributed by atoms with Crippen molar-refractivity contribution in [1.29, 1.82) is 0 Å². The summed E-state index contributed by atoms with van der Waals surface area (Å²) in [7, 11) is 0. The van der Waals surface area contributed by atoms with Crippen LogP contribution in [0.15, 0.2) is 42.5 Å². The molecule has 2 aromatic rings. The van der Waals surface area contributed by atoms with Gasteiger partial charge in [-0.3, -0.25) is 0 Å². The third-order valence-corrected chi connectivity index (χ3v) is 4.02. The molecule has 1 atom stereocenters. The Morgan fingerprint density at radius 2 is 1.63 bits per heavy atom. The monoisotopic (exact) mass is 291 g/mol. The number of fused-ring (bicyclic) bond motifs is 1. The molecule has 1 N–H and O–H groups in total. The number of hydrogen-bond donors (Lipinski definition) is 1. The van der Waals surface area contributed by atoms with Crippen molar-refractivity contribution in [2.24, 2.45) is 0 Å². The summed E-state index contributed by atoms with van der Waals surface area (Å²) < 4.78 is 0. The minimum Gasteiger partial charge on any atom is -0.382 e. The molecule has 1 aliphatic carbocycles. The molecule has 0 aromatic heterocycles. The minimum absolute atomic E-state index is 0.449. The van der Waals surface area contributed by atoms with E-state index >= 15 is 0 Å². The first-order chi connectivity index (χ1) is 9.20. The summed E-state index contributed by atoms with van der Waals surface area (Å²) in [6.45, 7) is 0. The maximum atomic E-state index is 6.02. The maximum Gasteiger partial charge on any atom is 0.0441 e. The lowest BCUT2D eigenvalue weighted by Crippen LogP contribution is -2.27. The number of rotatable bonds is 2. The molecule has 1 nitrogen and oxygen atoms in total. The molecule has 98 valence electrons. The van der Waals surface area contributed by atoms with Crippen LogP contribution in [0.2, 0.25) is 10.0 Å². The zero-order chi connectivity index (χ0) is 13.2. The Balaban J connectivity index is 1.75. The Kier molecular flexibility index (Phi) is 3.67. The van der Waals surface area contributed by atoms with Crippen LogP contribution in [0.3, 0.4) is 0 Å². The van der Waals surface area contributed by atoms with Crippen molar-refractivity contribution < 1.29 is 0 Å². The molecule has 0 bridgehead atoms. The van der Waals surface area contributed by atoms with Gasteiger partial charge in [0.2, 0.25) is 0 Å². The molecule has 0 saturated heterocycles. The van der Waals surface area contributed by atoms with E-state index in [1.54, 1.807) is 6.07 Å². The van der Waals surface area contributed by atoms with Gasteiger partial charge in [0.15, 0.2) is 0 Å². The van der Waals surface area contributed by atoms with Gasteiger partial charge in [0.05, 0.1) is 0 Å². The molecule has 3 rings (SSSR count). The van der Waals surface area contributed by atoms with Gasteiger partial charge in [-0.2, -0.15) is 0 Å². The van der Waals surface area contributed by atoms with Gasteiger partial charge in [-0.1, -0.05) is 47.5 Å². The van der Waals surface area contributed by atoms with Crippen molar-refractivity contribution in [2.45, 2.75) is 25.3 Å². The Bertz CT molecular complexity index is 575. The summed E-state index contributed by atoms with van der Waals surface area (Å²) in [5.74, 6) is 0. The average molecular weight is 292 g/mol. The zero-order valence-electron chi connectivity index (χ0n) is 10.5. The van der Waals surface area contributed by atoms with Gasteiger partial charge in [0.1, 0.15) is 0 Å². The highest BCUT2D eigenvalue weighted by atomic mass is 35.5. The summed E-state index contributed by atoms with van der Waals surface area (Å²) >= 11 is 12.0. The second-order valence-corrected chi connectivity index (χ2v) is 5.88. The minimum atomic E-state index is 0.449. The van der Waals surface area contributed by atoms with E-state index in [1.807, 2.05) is 12.1 Å². The van der Waals surface area contributed by atoms with Gasteiger partial charge in [-0.05, 0) is 48.6 Å². The third kappa shape index (κ3) is 3.05. The third-order valence-electron chi connectivity index (χ3n) is 3.58. The molecular formula is C16H15Cl2N. The smallest absolute Gasteiger partial charge is 0.0441 e. The van der Waals surface area contributed by atoms with Gasteiger partial charge in [0, 0.05) is 21.8 Å². The predicted octanol–water partition coefficient (Wildman–Crippen LogP) is 4.96. The van der Waals surface area contributed by atoms with E-state index in [4.69, 9.17) is 23.2 Å². The van der Waals surface area contributed by atoms with E-state index in [0.29, 0.717) is 16.1 Å². The Hall–Kier alpha value is -1.18. The molecule has 2 aromatic carbocycles. The zero-order valence-corrected chi connectivity index (χ0v) is 12.0. The van der Waals surface area contributed by atoms with E-state index in [-0.39, 0.29) is 0 Å². The lowest BCUT2D eigenvalue weighted by atomic mass is 9.88. The van der Waals surface area contributed by atoms with Crippen LogP contribution in [0.5, 0.6) is 0 Å². The molecule has 0 heterocycles. The molecule has 0 amide bonds. The number of aryl methyl sites for hydroxylation is 1. The first-order valence-electron chi connectivity index (χ1n) is 6.50. The molecule has 1 unspecified atom stereocenters. The van der Waals surface area contributed by atoms with Crippen molar-refractivity contribution in [3.05, 3.63) is 63.6 Å². The Morgan fingerprint density at radius 1 is 0.947 bits per heavy atom. The van der Waals surface area contributed by atoms with Crippen LogP contribution in [0.4, 0.5) is 5.69 Å². The molecule has 19 heavy (non-hydrogen) atoms. The van der Waals surface area contributed by atoms with Crippen LogP contribution in [-0.4, -0.2) is 6.04 Å². The molecule has 0 aliphatic heterocycles. The summed E-state index contributed by atoms with van der Waals surface area (Å²) in [5.41, 5.74) is 3.92. The van der Waals surface area contributed by atoms with Crippen LogP contribution in [0, 0.1) is 0 Å². The maximum absolute atomic E-state index is 6.02. The van der Waals surface area contributed by atoms with Gasteiger partial charge in [-0.25, -0.2) is 0 Å². The number of hydrogen-bond acceptors (Lipinski definition) is 1. The standard InChI is InChI=1S/C16H15Cl2N/c17-13-8-14(18)10-16(9-13)19-15-6-5-11-3-1-2-4-12(11)7-15/h1-4,8-10,15,19H,5-7H2. The molecule has 0 fully saturated rings. The summed E-state index contributed by atoms with van der Waals surface area (Å²) in [6, 6.07) is 14.7. The quantitative estimate of drug-likeness (QED) is 0.824. The second-order valence-electron chi connectivity index (χ2n) is 5.01. The highest BCUT2D eigenvalue weighted by Crippen LogP contribution is 2.27. The van der Waals surface area contributed by atoms with E-state index in [9.17, 15) is 0 Å². The largest absolute Gasteiger partial charge is 0.382 e. The number of benzene rings is 2. The van der Waals surface area contributed by atoms with Gasteiger partial charge in [-0.15, -0.1) is 0 Å². The second kappa shape index (κ2) is 5.44. The van der Waals surface area contributed by atoms with E-state index in [0.717, 1.165) is 24.9 Å². The number of nitrogens with one attached hydrogen (secondary N) is 1. The topological polar surface area (TPSA) is 12.0 Å². The first-order valence-corrected chi connectivity index (χ1v) is 7.26. The lowest BCUT2D eigenvalue weighted by molar-refractivity contribution is 0.611. The van der Waals surface area contributed by atoms with Gasteiger partial charge < -0.3 is 5.32 Å². The summed E-state index contributed by atoms with van der Waals surface area (Å²) in [6.07, 6.45) is 3.32. The fraction of sp³-hybridized carbons (Fsp3) is 0.250. The average Bonchev–Trinajstić information content (AvgIpc) is 2.37. The normalized spacial score (nSPS) is 17.9. The van der Waals surface area contributed by atoms with E-state index in [1.165, 1.54) is 11.1 Å². The molecule has 0 spiro atoms. The molecule has 3 heteroatoms. The van der Waals surface area contributed by atoms with Crippen molar-refractivity contribution in [3.8, 4) is 0 Å². The van der Waals surface area contributed by atoms with Crippen LogP contribution < -0.4 is 5.32 Å². The Morgan fingerprint density at radius 3 is 2.37 bits per heavy atom. The number of anilines is 1. The fourth-order valence-corrected chi connectivity index (χ4v) is 3.22. The molecule has 0 radical (unpaired) electrons. The van der Waals surface area contributed by atoms with Crippen molar-refractivity contribution in [1.82, 2.24) is 0 Å². The summed E-state index contributed by atoms with van der Waals surface area (Å²) in [4.78, 5) is 0. The number of halogens is 2. The molecule has 1 aliphatic rings. The lowest BCUT2D eigenvalue weighted by Gasteiger charge is -2.26. The van der Waals surface area contributed by atoms with Crippen LogP contribution in [0.1, 0.15) is 17.5 Å². The SMILES string of the molecule is Clc1cc(Cl)cc(NC2CCc3ccccc3C2)c1. The highest BCUT2D eigenvalue weighted by Gasteiger charge is 2.18. The molecular weight excluding hydrogens is 277 g/mol. The first kappa shape index (κ1) is 12.8. The van der Waals surface area contributed by atoms with Crippen molar-refractivity contribution >= 4 is 28.9 Å². The van der Waals surface area contributed by atoms with E-state index < -0.39 is 0 Å². The predicted molar refractivity (Wildman–Crippen MR) is 82.3 cm³/mol. The van der Waals surface area contributed by atoms with E-state index in [2.05, 4.69) is 29.6 Å². The highest BCUT2D eigenvalue weighted by molar-refractivity contribution is 6.35. The van der Waals surface area contributed by atoms with Gasteiger partial charge >= 0.3 is 0 Å². The van der Waals surface area contributed by atoms with Crippen molar-refractivity contribution in [2.75, 3.05) is 5.32 Å². The van der Waals surface area contributed by atoms with Crippen molar-refractivity contribution in [3.63, 3.8) is 0 Å². The Labute approximate surface area is 123 Å². The molecule has 0 saturated carbocycles.